The highest BCUT2D eigenvalue weighted by Crippen LogP contribution is 2.27. The number of carbonyl (C=O) groups is 1. The minimum Gasteiger partial charge on any atom is -0.481 e. The summed E-state index contributed by atoms with van der Waals surface area (Å²) < 4.78 is 27.0. The molecule has 1 fully saturated rings. The Hall–Kier alpha value is -1.43. The van der Waals surface area contributed by atoms with E-state index >= 15 is 0 Å². The molecule has 2 rings (SSSR count). The van der Waals surface area contributed by atoms with Crippen LogP contribution < -0.4 is 0 Å². The van der Waals surface area contributed by atoms with Gasteiger partial charge in [-0.15, -0.1) is 0 Å². The van der Waals surface area contributed by atoms with E-state index in [-0.39, 0.29) is 23.5 Å². The normalized spacial score (nSPS) is 19.9. The Labute approximate surface area is 131 Å². The van der Waals surface area contributed by atoms with Crippen LogP contribution in [0, 0.1) is 17.2 Å². The summed E-state index contributed by atoms with van der Waals surface area (Å²) in [6, 6.07) is 6.25. The van der Waals surface area contributed by atoms with Gasteiger partial charge in [-0.2, -0.15) is 9.57 Å². The van der Waals surface area contributed by atoms with Crippen molar-refractivity contribution in [2.75, 3.05) is 13.1 Å². The molecule has 0 bridgehead atoms. The van der Waals surface area contributed by atoms with Crippen LogP contribution in [0.4, 0.5) is 0 Å². The lowest BCUT2D eigenvalue weighted by Gasteiger charge is -2.30. The number of sulfonamides is 1. The molecule has 1 unspecified atom stereocenters. The van der Waals surface area contributed by atoms with Crippen molar-refractivity contribution in [1.82, 2.24) is 4.31 Å². The number of hydrogen-bond acceptors (Lipinski definition) is 4. The summed E-state index contributed by atoms with van der Waals surface area (Å²) >= 11 is 3.19. The van der Waals surface area contributed by atoms with Crippen LogP contribution >= 0.6 is 15.9 Å². The number of carboxylic acid groups (broad SMARTS) is 1. The Morgan fingerprint density at radius 3 is 2.81 bits per heavy atom. The molecule has 1 aromatic carbocycles. The van der Waals surface area contributed by atoms with Crippen LogP contribution in [0.25, 0.3) is 0 Å². The Balaban J connectivity index is 2.41. The monoisotopic (exact) mass is 372 g/mol. The van der Waals surface area contributed by atoms with Crippen molar-refractivity contribution in [3.63, 3.8) is 0 Å². The molecule has 1 atom stereocenters. The van der Waals surface area contributed by atoms with Gasteiger partial charge >= 0.3 is 5.97 Å². The molecule has 0 radical (unpaired) electrons. The topological polar surface area (TPSA) is 98.5 Å². The number of aliphatic carboxylic acids is 1. The first-order valence-corrected chi connectivity index (χ1v) is 8.52. The molecule has 6 nitrogen and oxygen atoms in total. The van der Waals surface area contributed by atoms with E-state index in [1.807, 2.05) is 6.07 Å². The number of carboxylic acids is 1. The van der Waals surface area contributed by atoms with Gasteiger partial charge in [0.05, 0.1) is 11.5 Å². The van der Waals surface area contributed by atoms with Crippen molar-refractivity contribution < 1.29 is 18.3 Å². The fourth-order valence-electron chi connectivity index (χ4n) is 2.30. The SMILES string of the molecule is N#Cc1ccc(Br)cc1S(=O)(=O)N1CCCC(C(=O)O)C1. The van der Waals surface area contributed by atoms with Crippen molar-refractivity contribution in [2.45, 2.75) is 17.7 Å². The van der Waals surface area contributed by atoms with Crippen LogP contribution in [0.5, 0.6) is 0 Å². The van der Waals surface area contributed by atoms with Crippen LogP contribution in [-0.2, 0) is 14.8 Å². The van der Waals surface area contributed by atoms with Crippen LogP contribution in [-0.4, -0.2) is 36.9 Å². The standard InChI is InChI=1S/C13H13BrN2O4S/c14-11-4-3-9(7-15)12(6-11)21(19,20)16-5-1-2-10(8-16)13(17)18/h3-4,6,10H,1-2,5,8H2,(H,17,18). The van der Waals surface area contributed by atoms with Gasteiger partial charge in [0.1, 0.15) is 11.0 Å². The van der Waals surface area contributed by atoms with Gasteiger partial charge < -0.3 is 5.11 Å². The highest BCUT2D eigenvalue weighted by atomic mass is 79.9. The molecule has 21 heavy (non-hydrogen) atoms. The number of halogens is 1. The molecule has 1 aliphatic heterocycles. The van der Waals surface area contributed by atoms with Gasteiger partial charge in [0.2, 0.25) is 10.0 Å². The molecule has 1 saturated heterocycles. The molecule has 0 amide bonds. The minimum atomic E-state index is -3.88. The van der Waals surface area contributed by atoms with E-state index in [9.17, 15) is 13.2 Å². The van der Waals surface area contributed by atoms with Gasteiger partial charge in [-0.25, -0.2) is 8.42 Å². The summed E-state index contributed by atoms with van der Waals surface area (Å²) in [6.45, 7) is 0.207. The first-order chi connectivity index (χ1) is 9.86. The van der Waals surface area contributed by atoms with Gasteiger partial charge in [-0.05, 0) is 31.0 Å². The average Bonchev–Trinajstić information content (AvgIpc) is 2.47. The first kappa shape index (κ1) is 15.9. The predicted octanol–water partition coefficient (Wildman–Crippen LogP) is 1.81. The van der Waals surface area contributed by atoms with E-state index in [1.54, 1.807) is 6.07 Å². The Morgan fingerprint density at radius 1 is 1.48 bits per heavy atom. The zero-order valence-electron chi connectivity index (χ0n) is 11.0. The van der Waals surface area contributed by atoms with Crippen molar-refractivity contribution in [3.05, 3.63) is 28.2 Å². The maximum absolute atomic E-state index is 12.6. The number of piperidine rings is 1. The molecular formula is C13H13BrN2O4S. The van der Waals surface area contributed by atoms with Crippen molar-refractivity contribution in [1.29, 1.82) is 5.26 Å². The van der Waals surface area contributed by atoms with Crippen molar-refractivity contribution in [3.8, 4) is 6.07 Å². The van der Waals surface area contributed by atoms with E-state index in [2.05, 4.69) is 15.9 Å². The van der Waals surface area contributed by atoms with Crippen LogP contribution in [0.15, 0.2) is 27.6 Å². The maximum atomic E-state index is 12.6. The molecule has 1 aliphatic rings. The second kappa shape index (κ2) is 6.13. The summed E-state index contributed by atoms with van der Waals surface area (Å²) in [5, 5.41) is 18.1. The summed E-state index contributed by atoms with van der Waals surface area (Å²) in [4.78, 5) is 11.0. The number of nitriles is 1. The van der Waals surface area contributed by atoms with Crippen LogP contribution in [0.2, 0.25) is 0 Å². The molecule has 1 heterocycles. The Kier molecular flexibility index (Phi) is 4.66. The van der Waals surface area contributed by atoms with E-state index in [0.29, 0.717) is 17.3 Å². The quantitative estimate of drug-likeness (QED) is 0.871. The lowest BCUT2D eigenvalue weighted by molar-refractivity contribution is -0.142. The third-order valence-electron chi connectivity index (χ3n) is 3.42. The first-order valence-electron chi connectivity index (χ1n) is 6.29. The molecule has 1 aromatic rings. The highest BCUT2D eigenvalue weighted by molar-refractivity contribution is 9.10. The maximum Gasteiger partial charge on any atom is 0.307 e. The number of hydrogen-bond donors (Lipinski definition) is 1. The fourth-order valence-corrected chi connectivity index (χ4v) is 4.51. The number of nitrogens with zero attached hydrogens (tertiary/aromatic N) is 2. The number of benzene rings is 1. The average molecular weight is 373 g/mol. The zero-order chi connectivity index (χ0) is 15.6. The van der Waals surface area contributed by atoms with E-state index in [0.717, 1.165) is 4.31 Å². The van der Waals surface area contributed by atoms with Gasteiger partial charge in [0, 0.05) is 17.6 Å². The van der Waals surface area contributed by atoms with Crippen molar-refractivity contribution >= 4 is 31.9 Å². The lowest BCUT2D eigenvalue weighted by atomic mass is 10.0. The van der Waals surface area contributed by atoms with Crippen LogP contribution in [0.1, 0.15) is 18.4 Å². The zero-order valence-corrected chi connectivity index (χ0v) is 13.4. The Bertz CT molecular complexity index is 711. The number of rotatable bonds is 3. The minimum absolute atomic E-state index is 0.0515. The van der Waals surface area contributed by atoms with E-state index in [1.165, 1.54) is 12.1 Å². The molecule has 0 saturated carbocycles. The summed E-state index contributed by atoms with van der Waals surface area (Å²) in [5.41, 5.74) is 0.0515. The van der Waals surface area contributed by atoms with Crippen molar-refractivity contribution in [2.24, 2.45) is 5.92 Å². The second-order valence-corrected chi connectivity index (χ2v) is 7.61. The van der Waals surface area contributed by atoms with Gasteiger partial charge in [0.25, 0.3) is 0 Å². The van der Waals surface area contributed by atoms with Gasteiger partial charge in [0.15, 0.2) is 0 Å². The van der Waals surface area contributed by atoms with Crippen LogP contribution in [0.3, 0.4) is 0 Å². The summed E-state index contributed by atoms with van der Waals surface area (Å²) in [6.07, 6.45) is 0.955. The van der Waals surface area contributed by atoms with E-state index in [4.69, 9.17) is 10.4 Å². The molecule has 0 aliphatic carbocycles. The van der Waals surface area contributed by atoms with Gasteiger partial charge in [-0.3, -0.25) is 4.79 Å². The molecule has 8 heteroatoms. The third-order valence-corrected chi connectivity index (χ3v) is 5.81. The molecule has 112 valence electrons. The smallest absolute Gasteiger partial charge is 0.307 e. The molecule has 0 aromatic heterocycles. The predicted molar refractivity (Wildman–Crippen MR) is 78.0 cm³/mol. The summed E-state index contributed by atoms with van der Waals surface area (Å²) in [7, 11) is -3.88. The third kappa shape index (κ3) is 3.26. The second-order valence-electron chi connectivity index (χ2n) is 4.79. The molecule has 1 N–H and O–H groups in total. The highest BCUT2D eigenvalue weighted by Gasteiger charge is 2.34. The molecular weight excluding hydrogens is 360 g/mol. The van der Waals surface area contributed by atoms with E-state index < -0.39 is 21.9 Å². The fraction of sp³-hybridized carbons (Fsp3) is 0.385. The molecule has 0 spiro atoms. The Morgan fingerprint density at radius 2 is 2.19 bits per heavy atom. The summed E-state index contributed by atoms with van der Waals surface area (Å²) in [5.74, 6) is -1.70. The van der Waals surface area contributed by atoms with Gasteiger partial charge in [-0.1, -0.05) is 15.9 Å². The lowest BCUT2D eigenvalue weighted by Crippen LogP contribution is -2.42. The largest absolute Gasteiger partial charge is 0.481 e.